The zero-order valence-corrected chi connectivity index (χ0v) is 9.20. The van der Waals surface area contributed by atoms with Gasteiger partial charge in [-0.15, -0.1) is 0 Å². The van der Waals surface area contributed by atoms with Crippen LogP contribution in [-0.4, -0.2) is 20.2 Å². The number of aromatic amines is 1. The summed E-state index contributed by atoms with van der Waals surface area (Å²) in [5.41, 5.74) is 2.98. The second-order valence-corrected chi connectivity index (χ2v) is 3.54. The van der Waals surface area contributed by atoms with E-state index in [0.717, 1.165) is 35.0 Å². The highest BCUT2D eigenvalue weighted by Gasteiger charge is 2.08. The molecule has 78 valence electrons. The average molecular weight is 202 g/mol. The van der Waals surface area contributed by atoms with Crippen LogP contribution in [0, 0.1) is 13.8 Å². The molecule has 0 unspecified atom stereocenters. The third-order valence-electron chi connectivity index (χ3n) is 2.33. The van der Waals surface area contributed by atoms with Crippen LogP contribution in [0.4, 0.5) is 0 Å². The summed E-state index contributed by atoms with van der Waals surface area (Å²) in [4.78, 5) is 8.77. The molecular weight excluding hydrogens is 188 g/mol. The molecule has 2 aromatic rings. The lowest BCUT2D eigenvalue weighted by Crippen LogP contribution is -1.91. The fourth-order valence-electron chi connectivity index (χ4n) is 1.50. The summed E-state index contributed by atoms with van der Waals surface area (Å²) in [5, 5.41) is 7.08. The van der Waals surface area contributed by atoms with Gasteiger partial charge in [0.2, 0.25) is 0 Å². The highest BCUT2D eigenvalue weighted by atomic mass is 15.2. The summed E-state index contributed by atoms with van der Waals surface area (Å²) in [6.45, 7) is 6.00. The van der Waals surface area contributed by atoms with Gasteiger partial charge in [-0.25, -0.2) is 4.98 Å². The van der Waals surface area contributed by atoms with Gasteiger partial charge in [0.15, 0.2) is 5.82 Å². The summed E-state index contributed by atoms with van der Waals surface area (Å²) in [6, 6.07) is 3.99. The van der Waals surface area contributed by atoms with Gasteiger partial charge in [0.05, 0.1) is 0 Å². The number of nitrogens with zero attached hydrogens (tertiary/aromatic N) is 3. The van der Waals surface area contributed by atoms with Gasteiger partial charge >= 0.3 is 0 Å². The third-order valence-corrected chi connectivity index (χ3v) is 2.33. The van der Waals surface area contributed by atoms with Crippen molar-refractivity contribution in [2.24, 2.45) is 0 Å². The standard InChI is InChI=1S/C11H14N4/c1-4-10-13-11(15-14-10)9-6-5-7(2)12-8(9)3/h5-6H,4H2,1-3H3,(H,13,14,15). The highest BCUT2D eigenvalue weighted by molar-refractivity contribution is 5.57. The summed E-state index contributed by atoms with van der Waals surface area (Å²) in [6.07, 6.45) is 0.866. The first-order valence-corrected chi connectivity index (χ1v) is 5.06. The number of hydrogen-bond acceptors (Lipinski definition) is 3. The molecule has 2 rings (SSSR count). The molecule has 4 heteroatoms. The molecule has 0 aromatic carbocycles. The van der Waals surface area contributed by atoms with Gasteiger partial charge in [0.1, 0.15) is 5.82 Å². The van der Waals surface area contributed by atoms with E-state index in [4.69, 9.17) is 0 Å². The van der Waals surface area contributed by atoms with Crippen molar-refractivity contribution >= 4 is 0 Å². The van der Waals surface area contributed by atoms with Crippen molar-refractivity contribution in [3.05, 3.63) is 29.3 Å². The first-order chi connectivity index (χ1) is 7.20. The third kappa shape index (κ3) is 1.88. The van der Waals surface area contributed by atoms with Gasteiger partial charge in [0.25, 0.3) is 0 Å². The molecule has 4 nitrogen and oxygen atoms in total. The van der Waals surface area contributed by atoms with Crippen LogP contribution in [0.2, 0.25) is 0 Å². The van der Waals surface area contributed by atoms with Crippen LogP contribution in [-0.2, 0) is 6.42 Å². The van der Waals surface area contributed by atoms with Crippen LogP contribution in [0.3, 0.4) is 0 Å². The molecule has 0 saturated carbocycles. The van der Waals surface area contributed by atoms with Crippen molar-refractivity contribution in [3.63, 3.8) is 0 Å². The van der Waals surface area contributed by atoms with E-state index >= 15 is 0 Å². The van der Waals surface area contributed by atoms with Gasteiger partial charge in [-0.1, -0.05) is 6.92 Å². The molecule has 0 spiro atoms. The van der Waals surface area contributed by atoms with Crippen LogP contribution in [0.5, 0.6) is 0 Å². The zero-order valence-electron chi connectivity index (χ0n) is 9.20. The maximum Gasteiger partial charge on any atom is 0.182 e. The van der Waals surface area contributed by atoms with E-state index in [0.29, 0.717) is 0 Å². The van der Waals surface area contributed by atoms with Crippen molar-refractivity contribution < 1.29 is 0 Å². The number of aryl methyl sites for hydroxylation is 3. The Morgan fingerprint density at radius 3 is 2.60 bits per heavy atom. The molecule has 0 aliphatic rings. The van der Waals surface area contributed by atoms with Crippen molar-refractivity contribution in [1.82, 2.24) is 20.2 Å². The number of hydrogen-bond donors (Lipinski definition) is 1. The van der Waals surface area contributed by atoms with E-state index in [9.17, 15) is 0 Å². The fourth-order valence-corrected chi connectivity index (χ4v) is 1.50. The quantitative estimate of drug-likeness (QED) is 0.810. The number of nitrogens with one attached hydrogen (secondary N) is 1. The van der Waals surface area contributed by atoms with Crippen molar-refractivity contribution in [1.29, 1.82) is 0 Å². The molecule has 0 fully saturated rings. The SMILES string of the molecule is CCc1nc(-c2ccc(C)nc2C)n[nH]1. The lowest BCUT2D eigenvalue weighted by atomic mass is 10.2. The maximum absolute atomic E-state index is 4.39. The van der Waals surface area contributed by atoms with E-state index in [1.807, 2.05) is 32.9 Å². The highest BCUT2D eigenvalue weighted by Crippen LogP contribution is 2.18. The predicted octanol–water partition coefficient (Wildman–Crippen LogP) is 2.05. The Bertz CT molecular complexity index is 473. The molecular formula is C11H14N4. The van der Waals surface area contributed by atoms with E-state index < -0.39 is 0 Å². The minimum absolute atomic E-state index is 0.733. The Kier molecular flexibility index (Phi) is 2.49. The number of rotatable bonds is 2. The van der Waals surface area contributed by atoms with Crippen LogP contribution in [0.1, 0.15) is 24.1 Å². The molecule has 2 heterocycles. The first-order valence-electron chi connectivity index (χ1n) is 5.06. The van der Waals surface area contributed by atoms with E-state index in [2.05, 4.69) is 20.2 Å². The molecule has 0 amide bonds. The summed E-state index contributed by atoms with van der Waals surface area (Å²) in [5.74, 6) is 1.64. The minimum Gasteiger partial charge on any atom is -0.263 e. The van der Waals surface area contributed by atoms with Gasteiger partial charge in [-0.2, -0.15) is 5.10 Å². The van der Waals surface area contributed by atoms with Gasteiger partial charge in [-0.05, 0) is 26.0 Å². The molecule has 0 saturated heterocycles. The smallest absolute Gasteiger partial charge is 0.182 e. The Labute approximate surface area is 88.8 Å². The molecule has 0 atom stereocenters. The van der Waals surface area contributed by atoms with Crippen LogP contribution in [0.25, 0.3) is 11.4 Å². The molecule has 2 aromatic heterocycles. The Morgan fingerprint density at radius 2 is 2.00 bits per heavy atom. The van der Waals surface area contributed by atoms with E-state index in [1.165, 1.54) is 0 Å². The van der Waals surface area contributed by atoms with Crippen LogP contribution >= 0.6 is 0 Å². The fraction of sp³-hybridized carbons (Fsp3) is 0.364. The molecule has 15 heavy (non-hydrogen) atoms. The second kappa shape index (κ2) is 3.81. The number of pyridine rings is 1. The number of aromatic nitrogens is 4. The van der Waals surface area contributed by atoms with Crippen molar-refractivity contribution in [2.45, 2.75) is 27.2 Å². The lowest BCUT2D eigenvalue weighted by Gasteiger charge is -2.00. The van der Waals surface area contributed by atoms with Crippen LogP contribution < -0.4 is 0 Å². The first kappa shape index (κ1) is 9.83. The van der Waals surface area contributed by atoms with Gasteiger partial charge in [0, 0.05) is 23.4 Å². The molecule has 0 aliphatic carbocycles. The second-order valence-electron chi connectivity index (χ2n) is 3.54. The van der Waals surface area contributed by atoms with E-state index in [-0.39, 0.29) is 0 Å². The van der Waals surface area contributed by atoms with Crippen LogP contribution in [0.15, 0.2) is 12.1 Å². The van der Waals surface area contributed by atoms with Gasteiger partial charge in [-0.3, -0.25) is 10.1 Å². The van der Waals surface area contributed by atoms with Gasteiger partial charge < -0.3 is 0 Å². The lowest BCUT2D eigenvalue weighted by molar-refractivity contribution is 0.946. The summed E-state index contributed by atoms with van der Waals surface area (Å²) < 4.78 is 0. The summed E-state index contributed by atoms with van der Waals surface area (Å²) >= 11 is 0. The largest absolute Gasteiger partial charge is 0.263 e. The Hall–Kier alpha value is -1.71. The molecule has 0 radical (unpaired) electrons. The molecule has 0 bridgehead atoms. The Balaban J connectivity index is 2.44. The molecule has 0 aliphatic heterocycles. The Morgan fingerprint density at radius 1 is 1.20 bits per heavy atom. The van der Waals surface area contributed by atoms with E-state index in [1.54, 1.807) is 0 Å². The normalized spacial score (nSPS) is 10.6. The number of H-pyrrole nitrogens is 1. The van der Waals surface area contributed by atoms with Crippen molar-refractivity contribution in [2.75, 3.05) is 0 Å². The van der Waals surface area contributed by atoms with Crippen molar-refractivity contribution in [3.8, 4) is 11.4 Å². The average Bonchev–Trinajstić information content (AvgIpc) is 2.66. The topological polar surface area (TPSA) is 54.5 Å². The zero-order chi connectivity index (χ0) is 10.8. The molecule has 1 N–H and O–H groups in total. The predicted molar refractivity (Wildman–Crippen MR) is 58.5 cm³/mol. The minimum atomic E-state index is 0.733. The monoisotopic (exact) mass is 202 g/mol. The summed E-state index contributed by atoms with van der Waals surface area (Å²) in [7, 11) is 0. The maximum atomic E-state index is 4.39.